The number of thiazole rings is 1. The van der Waals surface area contributed by atoms with E-state index < -0.39 is 22.9 Å². The molecule has 0 saturated carbocycles. The Balaban J connectivity index is 1.73. The summed E-state index contributed by atoms with van der Waals surface area (Å²) in [6.07, 6.45) is 1.93. The van der Waals surface area contributed by atoms with Gasteiger partial charge in [-0.2, -0.15) is 13.2 Å². The SMILES string of the molecule is C=CC(=O)Nc1ccc(-c2cncc(C(C)C(=O)Nc3ncc(C(F)(F)F)s3)c2)cn1. The van der Waals surface area contributed by atoms with Crippen LogP contribution >= 0.6 is 11.3 Å². The van der Waals surface area contributed by atoms with Crippen LogP contribution in [0.25, 0.3) is 11.1 Å². The van der Waals surface area contributed by atoms with Gasteiger partial charge >= 0.3 is 6.18 Å². The largest absolute Gasteiger partial charge is 0.427 e. The van der Waals surface area contributed by atoms with Crippen LogP contribution in [0.5, 0.6) is 0 Å². The summed E-state index contributed by atoms with van der Waals surface area (Å²) in [5.74, 6) is -1.23. The molecule has 0 bridgehead atoms. The third-order valence-corrected chi connectivity index (χ3v) is 5.16. The van der Waals surface area contributed by atoms with E-state index in [0.29, 0.717) is 40.0 Å². The molecule has 0 aliphatic heterocycles. The molecule has 1 unspecified atom stereocenters. The molecule has 31 heavy (non-hydrogen) atoms. The zero-order valence-electron chi connectivity index (χ0n) is 16.1. The van der Waals surface area contributed by atoms with Gasteiger partial charge in [0.2, 0.25) is 11.8 Å². The van der Waals surface area contributed by atoms with E-state index in [0.717, 1.165) is 6.08 Å². The van der Waals surface area contributed by atoms with E-state index in [1.54, 1.807) is 37.5 Å². The van der Waals surface area contributed by atoms with Crippen LogP contribution in [-0.2, 0) is 15.8 Å². The first-order valence-electron chi connectivity index (χ1n) is 8.86. The summed E-state index contributed by atoms with van der Waals surface area (Å²) >= 11 is 0.360. The van der Waals surface area contributed by atoms with Crippen LogP contribution in [0, 0.1) is 0 Å². The maximum Gasteiger partial charge on any atom is 0.427 e. The van der Waals surface area contributed by atoms with E-state index in [1.807, 2.05) is 0 Å². The maximum absolute atomic E-state index is 12.7. The Morgan fingerprint density at radius 3 is 2.48 bits per heavy atom. The summed E-state index contributed by atoms with van der Waals surface area (Å²) in [5, 5.41) is 4.81. The predicted octanol–water partition coefficient (Wildman–Crippen LogP) is 4.49. The number of amides is 2. The molecule has 0 spiro atoms. The number of rotatable bonds is 6. The minimum absolute atomic E-state index is 0.130. The molecule has 11 heteroatoms. The van der Waals surface area contributed by atoms with Crippen LogP contribution in [-0.4, -0.2) is 26.8 Å². The molecular weight excluding hydrogens is 431 g/mol. The van der Waals surface area contributed by atoms with Gasteiger partial charge < -0.3 is 10.6 Å². The van der Waals surface area contributed by atoms with Gasteiger partial charge in [-0.1, -0.05) is 17.9 Å². The van der Waals surface area contributed by atoms with Crippen LogP contribution in [0.4, 0.5) is 24.1 Å². The number of carbonyl (C=O) groups is 2. The fourth-order valence-corrected chi connectivity index (χ4v) is 3.18. The first-order chi connectivity index (χ1) is 14.7. The number of carbonyl (C=O) groups excluding carboxylic acids is 2. The number of nitrogens with one attached hydrogen (secondary N) is 2. The number of alkyl halides is 3. The lowest BCUT2D eigenvalue weighted by Crippen LogP contribution is -2.18. The Hall–Kier alpha value is -3.60. The van der Waals surface area contributed by atoms with Crippen molar-refractivity contribution in [1.82, 2.24) is 15.0 Å². The highest BCUT2D eigenvalue weighted by Gasteiger charge is 2.33. The quantitative estimate of drug-likeness (QED) is 0.543. The second-order valence-electron chi connectivity index (χ2n) is 6.37. The van der Waals surface area contributed by atoms with Crippen molar-refractivity contribution in [3.8, 4) is 11.1 Å². The summed E-state index contributed by atoms with van der Waals surface area (Å²) in [7, 11) is 0. The van der Waals surface area contributed by atoms with Gasteiger partial charge in [0.15, 0.2) is 5.13 Å². The topological polar surface area (TPSA) is 96.9 Å². The summed E-state index contributed by atoms with van der Waals surface area (Å²) in [5.41, 5.74) is 1.94. The second kappa shape index (κ2) is 9.04. The van der Waals surface area contributed by atoms with E-state index in [-0.39, 0.29) is 11.0 Å². The monoisotopic (exact) mass is 447 g/mol. The Morgan fingerprint density at radius 2 is 1.87 bits per heavy atom. The van der Waals surface area contributed by atoms with Gasteiger partial charge in [0.1, 0.15) is 10.7 Å². The Morgan fingerprint density at radius 1 is 1.10 bits per heavy atom. The molecule has 2 amide bonds. The fraction of sp³-hybridized carbons (Fsp3) is 0.150. The number of aromatic nitrogens is 3. The van der Waals surface area contributed by atoms with Gasteiger partial charge in [-0.25, -0.2) is 9.97 Å². The van der Waals surface area contributed by atoms with Gasteiger partial charge in [-0.05, 0) is 36.8 Å². The van der Waals surface area contributed by atoms with Crippen molar-refractivity contribution in [3.63, 3.8) is 0 Å². The summed E-state index contributed by atoms with van der Waals surface area (Å²) in [6.45, 7) is 4.98. The van der Waals surface area contributed by atoms with Gasteiger partial charge in [0, 0.05) is 29.7 Å². The molecular formula is C20H16F3N5O2S. The van der Waals surface area contributed by atoms with E-state index in [4.69, 9.17) is 0 Å². The molecule has 2 N–H and O–H groups in total. The van der Waals surface area contributed by atoms with Crippen molar-refractivity contribution in [2.24, 2.45) is 0 Å². The average Bonchev–Trinajstić information content (AvgIpc) is 3.23. The molecule has 0 fully saturated rings. The van der Waals surface area contributed by atoms with E-state index in [1.165, 1.54) is 6.20 Å². The molecule has 0 aromatic carbocycles. The minimum Gasteiger partial charge on any atom is -0.307 e. The molecule has 3 heterocycles. The van der Waals surface area contributed by atoms with E-state index >= 15 is 0 Å². The van der Waals surface area contributed by atoms with Crippen molar-refractivity contribution >= 4 is 34.1 Å². The van der Waals surface area contributed by atoms with Crippen LogP contribution < -0.4 is 10.6 Å². The number of anilines is 2. The highest BCUT2D eigenvalue weighted by atomic mass is 32.1. The highest BCUT2D eigenvalue weighted by molar-refractivity contribution is 7.15. The van der Waals surface area contributed by atoms with Gasteiger partial charge in [-0.15, -0.1) is 0 Å². The summed E-state index contributed by atoms with van der Waals surface area (Å²) in [4.78, 5) is 34.8. The molecule has 0 radical (unpaired) electrons. The predicted molar refractivity (Wildman–Crippen MR) is 110 cm³/mol. The van der Waals surface area contributed by atoms with E-state index in [9.17, 15) is 22.8 Å². The normalized spacial score (nSPS) is 12.1. The smallest absolute Gasteiger partial charge is 0.307 e. The Kier molecular flexibility index (Phi) is 6.44. The third kappa shape index (κ3) is 5.51. The molecule has 7 nitrogen and oxygen atoms in total. The lowest BCUT2D eigenvalue weighted by molar-refractivity contribution is -0.134. The standard InChI is InChI=1S/C20H16F3N5O2S/c1-3-17(29)27-16-5-4-12(9-25-16)14-6-13(7-24-8-14)11(2)18(30)28-19-26-10-15(31-19)20(21,22)23/h3-11H,1H2,2H3,(H,25,27,29)(H,26,28,30). The van der Waals surface area contributed by atoms with Gasteiger partial charge in [-0.3, -0.25) is 14.6 Å². The lowest BCUT2D eigenvalue weighted by Gasteiger charge is -2.12. The molecule has 0 aliphatic carbocycles. The first-order valence-corrected chi connectivity index (χ1v) is 9.67. The Bertz CT molecular complexity index is 1110. The molecule has 3 rings (SSSR count). The minimum atomic E-state index is -4.51. The van der Waals surface area contributed by atoms with Crippen molar-refractivity contribution < 1.29 is 22.8 Å². The number of nitrogens with zero attached hydrogens (tertiary/aromatic N) is 3. The van der Waals surface area contributed by atoms with Crippen LogP contribution in [0.3, 0.4) is 0 Å². The second-order valence-corrected chi connectivity index (χ2v) is 7.40. The van der Waals surface area contributed by atoms with Crippen molar-refractivity contribution in [1.29, 1.82) is 0 Å². The first kappa shape index (κ1) is 22.1. The van der Waals surface area contributed by atoms with Gasteiger partial charge in [0.25, 0.3) is 0 Å². The third-order valence-electron chi connectivity index (χ3n) is 4.20. The molecule has 0 aliphatic rings. The zero-order chi connectivity index (χ0) is 22.6. The number of halogens is 3. The maximum atomic E-state index is 12.7. The zero-order valence-corrected chi connectivity index (χ0v) is 16.9. The van der Waals surface area contributed by atoms with Crippen LogP contribution in [0.15, 0.2) is 55.6 Å². The van der Waals surface area contributed by atoms with Crippen molar-refractivity contribution in [2.75, 3.05) is 10.6 Å². The molecule has 160 valence electrons. The molecule has 3 aromatic heterocycles. The number of hydrogen-bond donors (Lipinski definition) is 2. The number of pyridine rings is 2. The number of hydrogen-bond acceptors (Lipinski definition) is 6. The van der Waals surface area contributed by atoms with Crippen LogP contribution in [0.2, 0.25) is 0 Å². The average molecular weight is 447 g/mol. The van der Waals surface area contributed by atoms with Crippen LogP contribution in [0.1, 0.15) is 23.3 Å². The molecule has 0 saturated heterocycles. The molecule has 1 atom stereocenters. The van der Waals surface area contributed by atoms with Gasteiger partial charge in [0.05, 0.1) is 12.1 Å². The van der Waals surface area contributed by atoms with E-state index in [2.05, 4.69) is 32.2 Å². The Labute approximate surface area is 179 Å². The van der Waals surface area contributed by atoms with Crippen molar-refractivity contribution in [2.45, 2.75) is 19.0 Å². The molecule has 3 aromatic rings. The van der Waals surface area contributed by atoms with Crippen molar-refractivity contribution in [3.05, 3.63) is 66.1 Å². The summed E-state index contributed by atoms with van der Waals surface area (Å²) in [6, 6.07) is 5.07. The highest BCUT2D eigenvalue weighted by Crippen LogP contribution is 2.35. The lowest BCUT2D eigenvalue weighted by atomic mass is 9.99. The fourth-order valence-electron chi connectivity index (χ4n) is 2.50. The summed E-state index contributed by atoms with van der Waals surface area (Å²) < 4.78 is 38.1.